The van der Waals surface area contributed by atoms with Crippen molar-refractivity contribution in [3.8, 4) is 0 Å². The highest BCUT2D eigenvalue weighted by Gasteiger charge is 2.47. The average molecular weight is 457 g/mol. The van der Waals surface area contributed by atoms with Crippen LogP contribution in [0.5, 0.6) is 0 Å². The van der Waals surface area contributed by atoms with Crippen molar-refractivity contribution in [3.05, 3.63) is 58.7 Å². The van der Waals surface area contributed by atoms with Gasteiger partial charge in [0.25, 0.3) is 5.91 Å². The summed E-state index contributed by atoms with van der Waals surface area (Å²) in [5.41, 5.74) is 4.10. The van der Waals surface area contributed by atoms with Crippen LogP contribution in [0, 0.1) is 27.7 Å². The lowest BCUT2D eigenvalue weighted by atomic mass is 10.1. The van der Waals surface area contributed by atoms with Gasteiger partial charge in [0, 0.05) is 0 Å². The molecule has 0 radical (unpaired) electrons. The zero-order valence-electron chi connectivity index (χ0n) is 19.0. The van der Waals surface area contributed by atoms with Crippen molar-refractivity contribution in [1.82, 2.24) is 4.31 Å². The maximum atomic E-state index is 13.3. The van der Waals surface area contributed by atoms with Crippen molar-refractivity contribution in [2.75, 3.05) is 31.1 Å². The normalized spacial score (nSPS) is 20.9. The van der Waals surface area contributed by atoms with Gasteiger partial charge in [-0.15, -0.1) is 0 Å². The summed E-state index contributed by atoms with van der Waals surface area (Å²) < 4.78 is 27.9. The van der Waals surface area contributed by atoms with Gasteiger partial charge in [-0.3, -0.25) is 9.59 Å². The molecule has 4 rings (SSSR count). The molecule has 0 bridgehead atoms. The minimum atomic E-state index is -3.59. The van der Waals surface area contributed by atoms with Gasteiger partial charge in [-0.2, -0.15) is 4.31 Å². The number of para-hydroxylation sites is 1. The number of amides is 2. The quantitative estimate of drug-likeness (QED) is 0.700. The van der Waals surface area contributed by atoms with Crippen molar-refractivity contribution in [2.24, 2.45) is 0 Å². The van der Waals surface area contributed by atoms with Crippen LogP contribution < -0.4 is 9.80 Å². The molecular formula is C24H30N3O4S+. The number of benzene rings is 2. The minimum absolute atomic E-state index is 0.158. The second-order valence-corrected chi connectivity index (χ2v) is 10.8. The number of anilines is 1. The van der Waals surface area contributed by atoms with Gasteiger partial charge in [-0.25, -0.2) is 13.3 Å². The van der Waals surface area contributed by atoms with Gasteiger partial charge in [0.15, 0.2) is 6.04 Å². The van der Waals surface area contributed by atoms with Crippen LogP contribution >= 0.6 is 0 Å². The van der Waals surface area contributed by atoms with Gasteiger partial charge in [0.05, 0.1) is 43.2 Å². The number of hydrogen-bond donors (Lipinski definition) is 1. The summed E-state index contributed by atoms with van der Waals surface area (Å²) in [6, 6.07) is 10.7. The summed E-state index contributed by atoms with van der Waals surface area (Å²) in [5, 5.41) is 0. The van der Waals surface area contributed by atoms with Gasteiger partial charge in [-0.05, 0) is 56.0 Å². The fourth-order valence-corrected chi connectivity index (χ4v) is 6.58. The first-order valence-electron chi connectivity index (χ1n) is 11.0. The highest BCUT2D eigenvalue weighted by Crippen LogP contribution is 2.29. The second-order valence-electron chi connectivity index (χ2n) is 8.90. The Bertz CT molecular complexity index is 1160. The largest absolute Gasteiger partial charge is 0.322 e. The number of piperazine rings is 1. The van der Waals surface area contributed by atoms with Crippen molar-refractivity contribution < 1.29 is 22.9 Å². The van der Waals surface area contributed by atoms with E-state index in [1.54, 1.807) is 13.0 Å². The first-order chi connectivity index (χ1) is 15.1. The third-order valence-electron chi connectivity index (χ3n) is 6.63. The summed E-state index contributed by atoms with van der Waals surface area (Å²) in [6.45, 7) is 9.13. The Morgan fingerprint density at radius 1 is 0.906 bits per heavy atom. The van der Waals surface area contributed by atoms with E-state index in [9.17, 15) is 18.0 Å². The van der Waals surface area contributed by atoms with E-state index < -0.39 is 16.1 Å². The molecule has 0 spiro atoms. The zero-order chi connectivity index (χ0) is 23.2. The Labute approximate surface area is 189 Å². The molecule has 32 heavy (non-hydrogen) atoms. The number of hydrogen-bond acceptors (Lipinski definition) is 4. The predicted molar refractivity (Wildman–Crippen MR) is 122 cm³/mol. The molecule has 2 aliphatic heterocycles. The smallest absolute Gasteiger partial charge is 0.292 e. The number of sulfonamides is 1. The highest BCUT2D eigenvalue weighted by molar-refractivity contribution is 7.89. The SMILES string of the molecule is Cc1ccc(C)c(S(=O)(=O)N2CC[NH+]([C@@H]3CC(=O)N(c4c(C)cccc4C)C3=O)CC2)c1. The molecule has 1 N–H and O–H groups in total. The van der Waals surface area contributed by atoms with E-state index in [0.717, 1.165) is 27.2 Å². The van der Waals surface area contributed by atoms with Crippen LogP contribution in [-0.2, 0) is 19.6 Å². The molecule has 2 saturated heterocycles. The lowest BCUT2D eigenvalue weighted by molar-refractivity contribution is -0.918. The number of carbonyl (C=O) groups is 2. The van der Waals surface area contributed by atoms with Crippen LogP contribution in [0.1, 0.15) is 28.7 Å². The highest BCUT2D eigenvalue weighted by atomic mass is 32.2. The van der Waals surface area contributed by atoms with Crippen LogP contribution in [0.25, 0.3) is 0 Å². The summed E-state index contributed by atoms with van der Waals surface area (Å²) in [6.07, 6.45) is 0.158. The van der Waals surface area contributed by atoms with E-state index >= 15 is 0 Å². The van der Waals surface area contributed by atoms with E-state index in [1.807, 2.05) is 51.1 Å². The summed E-state index contributed by atoms with van der Waals surface area (Å²) in [4.78, 5) is 28.7. The average Bonchev–Trinajstić information content (AvgIpc) is 3.04. The molecule has 2 aliphatic rings. The topological polar surface area (TPSA) is 79.2 Å². The van der Waals surface area contributed by atoms with Crippen molar-refractivity contribution in [1.29, 1.82) is 0 Å². The molecular weight excluding hydrogens is 426 g/mol. The molecule has 0 saturated carbocycles. The van der Waals surface area contributed by atoms with Crippen LogP contribution in [0.2, 0.25) is 0 Å². The molecule has 170 valence electrons. The van der Waals surface area contributed by atoms with E-state index in [-0.39, 0.29) is 18.2 Å². The molecule has 0 unspecified atom stereocenters. The number of nitrogens with zero attached hydrogens (tertiary/aromatic N) is 2. The molecule has 8 heteroatoms. The van der Waals surface area contributed by atoms with Crippen LogP contribution in [0.3, 0.4) is 0 Å². The Morgan fingerprint density at radius 2 is 1.53 bits per heavy atom. The lowest BCUT2D eigenvalue weighted by Gasteiger charge is -2.34. The van der Waals surface area contributed by atoms with Crippen molar-refractivity contribution in [2.45, 2.75) is 45.1 Å². The van der Waals surface area contributed by atoms with Gasteiger partial charge in [-0.1, -0.05) is 30.3 Å². The molecule has 1 atom stereocenters. The molecule has 2 amide bonds. The fourth-order valence-electron chi connectivity index (χ4n) is 4.83. The first kappa shape index (κ1) is 22.6. The number of rotatable bonds is 4. The summed E-state index contributed by atoms with van der Waals surface area (Å²) in [7, 11) is -3.59. The molecule has 0 aliphatic carbocycles. The molecule has 2 aromatic carbocycles. The van der Waals surface area contributed by atoms with Crippen LogP contribution in [0.15, 0.2) is 41.3 Å². The van der Waals surface area contributed by atoms with Gasteiger partial charge in [0.1, 0.15) is 0 Å². The number of imide groups is 1. The van der Waals surface area contributed by atoms with E-state index in [1.165, 1.54) is 9.21 Å². The zero-order valence-corrected chi connectivity index (χ0v) is 19.8. The molecule has 2 fully saturated rings. The maximum Gasteiger partial charge on any atom is 0.292 e. The lowest BCUT2D eigenvalue weighted by Crippen LogP contribution is -3.19. The van der Waals surface area contributed by atoms with Gasteiger partial charge >= 0.3 is 0 Å². The third kappa shape index (κ3) is 3.87. The predicted octanol–water partition coefficient (Wildman–Crippen LogP) is 1.14. The summed E-state index contributed by atoms with van der Waals surface area (Å²) >= 11 is 0. The molecule has 0 aromatic heterocycles. The molecule has 7 nitrogen and oxygen atoms in total. The number of aryl methyl sites for hydroxylation is 4. The maximum absolute atomic E-state index is 13.3. The van der Waals surface area contributed by atoms with Crippen molar-refractivity contribution in [3.63, 3.8) is 0 Å². The van der Waals surface area contributed by atoms with E-state index in [2.05, 4.69) is 0 Å². The second kappa shape index (κ2) is 8.42. The first-order valence-corrected chi connectivity index (χ1v) is 12.4. The minimum Gasteiger partial charge on any atom is -0.322 e. The Kier molecular flexibility index (Phi) is 5.96. The monoisotopic (exact) mass is 456 g/mol. The Morgan fingerprint density at radius 3 is 2.16 bits per heavy atom. The van der Waals surface area contributed by atoms with Gasteiger partial charge < -0.3 is 4.90 Å². The van der Waals surface area contributed by atoms with E-state index in [0.29, 0.717) is 36.8 Å². The molecule has 2 aromatic rings. The van der Waals surface area contributed by atoms with Crippen LogP contribution in [0.4, 0.5) is 5.69 Å². The Hall–Kier alpha value is -2.55. The van der Waals surface area contributed by atoms with Crippen molar-refractivity contribution >= 4 is 27.5 Å². The standard InChI is InChI=1S/C24H29N3O4S/c1-16-8-9-17(2)21(14-16)32(30,31)26-12-10-25(11-13-26)20-15-22(28)27(24(20)29)23-18(3)6-5-7-19(23)4/h5-9,14,20H,10-13,15H2,1-4H3/p+1/t20-/m1/s1. The third-order valence-corrected chi connectivity index (χ3v) is 8.67. The van der Waals surface area contributed by atoms with E-state index in [4.69, 9.17) is 0 Å². The number of nitrogens with one attached hydrogen (secondary N) is 1. The van der Waals surface area contributed by atoms with Gasteiger partial charge in [0.2, 0.25) is 15.9 Å². The number of carbonyl (C=O) groups excluding carboxylic acids is 2. The summed E-state index contributed by atoms with van der Waals surface area (Å²) in [5.74, 6) is -0.372. The molecule has 2 heterocycles. The fraction of sp³-hybridized carbons (Fsp3) is 0.417. The number of quaternary nitrogens is 1. The van der Waals surface area contributed by atoms with Crippen LogP contribution in [-0.4, -0.2) is 56.8 Å². The Balaban J connectivity index is 1.50.